The first-order chi connectivity index (χ1) is 12.2. The fourth-order valence-electron chi connectivity index (χ4n) is 2.88. The van der Waals surface area contributed by atoms with Crippen LogP contribution in [0.1, 0.15) is 18.5 Å². The van der Waals surface area contributed by atoms with E-state index in [1.807, 2.05) is 36.4 Å². The van der Waals surface area contributed by atoms with Crippen molar-refractivity contribution in [1.82, 2.24) is 15.0 Å². The number of halogens is 1. The van der Waals surface area contributed by atoms with Gasteiger partial charge >= 0.3 is 0 Å². The maximum Gasteiger partial charge on any atom is 0.143 e. The number of anilines is 1. The highest BCUT2D eigenvalue weighted by Gasteiger charge is 2.12. The fourth-order valence-corrected chi connectivity index (χ4v) is 2.88. The third kappa shape index (κ3) is 3.48. The van der Waals surface area contributed by atoms with Crippen LogP contribution in [0.25, 0.3) is 22.3 Å². The van der Waals surface area contributed by atoms with Crippen LogP contribution in [0.2, 0.25) is 0 Å². The largest absolute Gasteiger partial charge is 0.508 e. The number of aromatic nitrogens is 3. The summed E-state index contributed by atoms with van der Waals surface area (Å²) >= 11 is 0. The third-order valence-electron chi connectivity index (χ3n) is 4.26. The molecule has 6 heteroatoms. The van der Waals surface area contributed by atoms with Gasteiger partial charge in [0.05, 0.1) is 5.39 Å². The number of nitrogens with one attached hydrogen (secondary N) is 2. The van der Waals surface area contributed by atoms with Gasteiger partial charge in [0.2, 0.25) is 0 Å². The molecule has 0 unspecified atom stereocenters. The minimum atomic E-state index is 0. The van der Waals surface area contributed by atoms with Gasteiger partial charge in [0.1, 0.15) is 23.5 Å². The topological polar surface area (TPSA) is 73.8 Å². The molecule has 4 rings (SSSR count). The highest BCUT2D eigenvalue weighted by molar-refractivity contribution is 5.91. The van der Waals surface area contributed by atoms with Crippen LogP contribution in [0.3, 0.4) is 0 Å². The summed E-state index contributed by atoms with van der Waals surface area (Å²) in [6, 6.07) is 19.5. The molecular weight excluding hydrogens is 348 g/mol. The van der Waals surface area contributed by atoms with Crippen LogP contribution in [-0.2, 0) is 0 Å². The molecule has 132 valence electrons. The molecule has 1 atom stereocenters. The summed E-state index contributed by atoms with van der Waals surface area (Å²) in [5.41, 5.74) is 3.90. The maximum atomic E-state index is 9.45. The summed E-state index contributed by atoms with van der Waals surface area (Å²) in [7, 11) is 0. The molecule has 2 aromatic heterocycles. The molecular formula is C20H19ClN4O. The van der Waals surface area contributed by atoms with Gasteiger partial charge in [-0.05, 0) is 48.4 Å². The Morgan fingerprint density at radius 2 is 1.73 bits per heavy atom. The van der Waals surface area contributed by atoms with Gasteiger partial charge < -0.3 is 15.4 Å². The summed E-state index contributed by atoms with van der Waals surface area (Å²) in [6.07, 6.45) is 1.56. The molecule has 26 heavy (non-hydrogen) atoms. The average Bonchev–Trinajstić information content (AvgIpc) is 3.08. The van der Waals surface area contributed by atoms with Crippen molar-refractivity contribution in [2.24, 2.45) is 0 Å². The summed E-state index contributed by atoms with van der Waals surface area (Å²) in [5, 5.41) is 13.9. The molecule has 0 aliphatic heterocycles. The van der Waals surface area contributed by atoms with E-state index in [4.69, 9.17) is 0 Å². The van der Waals surface area contributed by atoms with Gasteiger partial charge in [-0.1, -0.05) is 30.3 Å². The van der Waals surface area contributed by atoms with Crippen LogP contribution < -0.4 is 5.32 Å². The van der Waals surface area contributed by atoms with E-state index in [0.717, 1.165) is 28.1 Å². The molecule has 0 fully saturated rings. The number of aromatic hydroxyl groups is 1. The Labute approximate surface area is 157 Å². The Hall–Kier alpha value is -3.05. The molecule has 0 bridgehead atoms. The van der Waals surface area contributed by atoms with Gasteiger partial charge in [0.25, 0.3) is 0 Å². The van der Waals surface area contributed by atoms with Gasteiger partial charge in [-0.2, -0.15) is 0 Å². The number of hydrogen-bond acceptors (Lipinski definition) is 4. The van der Waals surface area contributed by atoms with E-state index in [1.165, 1.54) is 5.56 Å². The Morgan fingerprint density at radius 1 is 1.00 bits per heavy atom. The van der Waals surface area contributed by atoms with E-state index < -0.39 is 0 Å². The first kappa shape index (κ1) is 17.8. The van der Waals surface area contributed by atoms with E-state index in [0.29, 0.717) is 0 Å². The minimum Gasteiger partial charge on any atom is -0.508 e. The predicted octanol–water partition coefficient (Wildman–Crippen LogP) is 4.93. The lowest BCUT2D eigenvalue weighted by Gasteiger charge is -2.15. The molecule has 0 aliphatic rings. The highest BCUT2D eigenvalue weighted by Crippen LogP contribution is 2.29. The van der Waals surface area contributed by atoms with Crippen LogP contribution in [0.15, 0.2) is 67.0 Å². The summed E-state index contributed by atoms with van der Waals surface area (Å²) in [6.45, 7) is 2.11. The lowest BCUT2D eigenvalue weighted by atomic mass is 10.1. The number of phenolic OH excluding ortho intramolecular Hbond substituents is 1. The van der Waals surface area contributed by atoms with Crippen LogP contribution in [0.5, 0.6) is 5.75 Å². The van der Waals surface area contributed by atoms with E-state index in [-0.39, 0.29) is 24.2 Å². The fraction of sp³-hybridized carbons (Fsp3) is 0.100. The molecule has 3 N–H and O–H groups in total. The smallest absolute Gasteiger partial charge is 0.143 e. The summed E-state index contributed by atoms with van der Waals surface area (Å²) < 4.78 is 0. The number of rotatable bonds is 4. The molecule has 2 aromatic carbocycles. The number of hydrogen-bond donors (Lipinski definition) is 3. The van der Waals surface area contributed by atoms with Gasteiger partial charge in [0.15, 0.2) is 0 Å². The predicted molar refractivity (Wildman–Crippen MR) is 107 cm³/mol. The van der Waals surface area contributed by atoms with Crippen LogP contribution >= 0.6 is 12.4 Å². The Balaban J connectivity index is 0.00000196. The van der Waals surface area contributed by atoms with Crippen molar-refractivity contribution >= 4 is 29.3 Å². The lowest BCUT2D eigenvalue weighted by Crippen LogP contribution is -2.08. The maximum absolute atomic E-state index is 9.45. The minimum absolute atomic E-state index is 0. The third-order valence-corrected chi connectivity index (χ3v) is 4.26. The first-order valence-electron chi connectivity index (χ1n) is 8.15. The summed E-state index contributed by atoms with van der Waals surface area (Å²) in [4.78, 5) is 12.1. The molecule has 2 heterocycles. The number of H-pyrrole nitrogens is 1. The van der Waals surface area contributed by atoms with Crippen molar-refractivity contribution in [1.29, 1.82) is 0 Å². The van der Waals surface area contributed by atoms with Crippen molar-refractivity contribution in [3.8, 4) is 17.0 Å². The van der Waals surface area contributed by atoms with Gasteiger partial charge in [-0.25, -0.2) is 9.97 Å². The second kappa shape index (κ2) is 7.45. The van der Waals surface area contributed by atoms with Crippen molar-refractivity contribution < 1.29 is 5.11 Å². The second-order valence-electron chi connectivity index (χ2n) is 5.99. The van der Waals surface area contributed by atoms with Gasteiger partial charge in [0, 0.05) is 11.7 Å². The number of phenols is 1. The van der Waals surface area contributed by atoms with Gasteiger partial charge in [-0.3, -0.25) is 0 Å². The highest BCUT2D eigenvalue weighted by atomic mass is 35.5. The van der Waals surface area contributed by atoms with E-state index >= 15 is 0 Å². The standard InChI is InChI=1S/C20H18N4O.ClH/c1-13(14-5-3-2-4-6-14)23-19-17-11-18(24-20(17)22-12-21-19)15-7-9-16(25)10-8-15;/h2-13,25H,1H3,(H2,21,22,23,24);1H/t13-;/m1./s1. The molecule has 0 aliphatic carbocycles. The number of aromatic amines is 1. The number of fused-ring (bicyclic) bond motifs is 1. The molecule has 0 spiro atoms. The van der Waals surface area contributed by atoms with E-state index in [9.17, 15) is 5.11 Å². The van der Waals surface area contributed by atoms with Gasteiger partial charge in [-0.15, -0.1) is 12.4 Å². The zero-order valence-electron chi connectivity index (χ0n) is 14.2. The Kier molecular flexibility index (Phi) is 5.09. The quantitative estimate of drug-likeness (QED) is 0.479. The normalized spacial score (nSPS) is 11.7. The average molecular weight is 367 g/mol. The van der Waals surface area contributed by atoms with Crippen LogP contribution in [0.4, 0.5) is 5.82 Å². The van der Waals surface area contributed by atoms with E-state index in [2.05, 4.69) is 39.3 Å². The molecule has 0 amide bonds. The lowest BCUT2D eigenvalue weighted by molar-refractivity contribution is 0.475. The van der Waals surface area contributed by atoms with Crippen molar-refractivity contribution in [2.45, 2.75) is 13.0 Å². The van der Waals surface area contributed by atoms with Crippen LogP contribution in [-0.4, -0.2) is 20.1 Å². The Morgan fingerprint density at radius 3 is 2.46 bits per heavy atom. The molecule has 0 saturated heterocycles. The monoisotopic (exact) mass is 366 g/mol. The Bertz CT molecular complexity index is 999. The molecule has 5 nitrogen and oxygen atoms in total. The molecule has 0 saturated carbocycles. The molecule has 4 aromatic rings. The van der Waals surface area contributed by atoms with Crippen molar-refractivity contribution in [2.75, 3.05) is 5.32 Å². The number of nitrogens with zero attached hydrogens (tertiary/aromatic N) is 2. The second-order valence-corrected chi connectivity index (χ2v) is 5.99. The summed E-state index contributed by atoms with van der Waals surface area (Å²) in [5.74, 6) is 1.04. The van der Waals surface area contributed by atoms with Crippen molar-refractivity contribution in [3.05, 3.63) is 72.6 Å². The zero-order chi connectivity index (χ0) is 17.2. The number of benzene rings is 2. The van der Waals surface area contributed by atoms with Crippen molar-refractivity contribution in [3.63, 3.8) is 0 Å². The molecule has 0 radical (unpaired) electrons. The zero-order valence-corrected chi connectivity index (χ0v) is 15.0. The first-order valence-corrected chi connectivity index (χ1v) is 8.15. The van der Waals surface area contributed by atoms with Crippen LogP contribution in [0, 0.1) is 0 Å². The van der Waals surface area contributed by atoms with E-state index in [1.54, 1.807) is 18.5 Å². The SMILES string of the molecule is C[C@@H](Nc1ncnc2[nH]c(-c3ccc(O)cc3)cc12)c1ccccc1.Cl.